The van der Waals surface area contributed by atoms with Gasteiger partial charge in [-0.15, -0.1) is 0 Å². The molecule has 16 heavy (non-hydrogen) atoms. The molecule has 0 amide bonds. The van der Waals surface area contributed by atoms with Crippen molar-refractivity contribution in [3.63, 3.8) is 0 Å². The van der Waals surface area contributed by atoms with Crippen molar-refractivity contribution in [2.45, 2.75) is 38.1 Å². The zero-order chi connectivity index (χ0) is 11.6. The van der Waals surface area contributed by atoms with Crippen LogP contribution in [-0.2, 0) is 10.0 Å². The Morgan fingerprint density at radius 3 is 2.44 bits per heavy atom. The van der Waals surface area contributed by atoms with Crippen LogP contribution in [0.15, 0.2) is 0 Å². The quantitative estimate of drug-likeness (QED) is 0.784. The average molecular weight is 246 g/mol. The van der Waals surface area contributed by atoms with Crippen LogP contribution in [0, 0.1) is 5.92 Å². The van der Waals surface area contributed by atoms with E-state index in [4.69, 9.17) is 0 Å². The molecule has 0 aliphatic carbocycles. The van der Waals surface area contributed by atoms with Gasteiger partial charge in [0, 0.05) is 12.6 Å². The van der Waals surface area contributed by atoms with Crippen LogP contribution < -0.4 is 5.32 Å². The molecular weight excluding hydrogens is 224 g/mol. The third-order valence-electron chi connectivity index (χ3n) is 3.85. The lowest BCUT2D eigenvalue weighted by atomic mass is 9.85. The fourth-order valence-electron chi connectivity index (χ4n) is 3.04. The van der Waals surface area contributed by atoms with E-state index < -0.39 is 10.0 Å². The van der Waals surface area contributed by atoms with E-state index in [-0.39, 0.29) is 6.04 Å². The molecule has 0 bridgehead atoms. The predicted molar refractivity (Wildman–Crippen MR) is 64.8 cm³/mol. The van der Waals surface area contributed by atoms with E-state index in [1.807, 2.05) is 0 Å². The lowest BCUT2D eigenvalue weighted by molar-refractivity contribution is 0.159. The maximum Gasteiger partial charge on any atom is 0.211 e. The van der Waals surface area contributed by atoms with Crippen molar-refractivity contribution < 1.29 is 8.42 Å². The van der Waals surface area contributed by atoms with E-state index in [1.54, 1.807) is 4.31 Å². The van der Waals surface area contributed by atoms with Crippen molar-refractivity contribution in [2.24, 2.45) is 5.92 Å². The van der Waals surface area contributed by atoms with Crippen molar-refractivity contribution in [1.29, 1.82) is 0 Å². The molecule has 1 atom stereocenters. The van der Waals surface area contributed by atoms with Gasteiger partial charge in [0.2, 0.25) is 10.0 Å². The Morgan fingerprint density at radius 1 is 1.12 bits per heavy atom. The molecule has 2 aliphatic heterocycles. The Morgan fingerprint density at radius 2 is 1.81 bits per heavy atom. The van der Waals surface area contributed by atoms with Crippen molar-refractivity contribution in [2.75, 3.05) is 25.9 Å². The van der Waals surface area contributed by atoms with Gasteiger partial charge in [-0.05, 0) is 44.7 Å². The minimum Gasteiger partial charge on any atom is -0.317 e. The molecule has 0 saturated carbocycles. The van der Waals surface area contributed by atoms with Crippen LogP contribution in [0.5, 0.6) is 0 Å². The molecule has 0 aromatic carbocycles. The van der Waals surface area contributed by atoms with E-state index in [0.29, 0.717) is 5.92 Å². The summed E-state index contributed by atoms with van der Waals surface area (Å²) in [7, 11) is -3.01. The van der Waals surface area contributed by atoms with Gasteiger partial charge in [-0.3, -0.25) is 0 Å². The molecule has 94 valence electrons. The highest BCUT2D eigenvalue weighted by Gasteiger charge is 2.35. The number of nitrogens with one attached hydrogen (secondary N) is 1. The molecule has 2 rings (SSSR count). The maximum atomic E-state index is 11.7. The number of rotatable bonds is 2. The summed E-state index contributed by atoms with van der Waals surface area (Å²) in [5.74, 6) is 0.566. The van der Waals surface area contributed by atoms with Crippen LogP contribution in [0.4, 0.5) is 0 Å². The van der Waals surface area contributed by atoms with Crippen LogP contribution in [0.3, 0.4) is 0 Å². The standard InChI is InChI=1S/C11H22N2O2S/c1-16(14,15)13-9-3-2-4-11(13)10-5-7-12-8-6-10/h10-12H,2-9H2,1H3. The molecule has 1 unspecified atom stereocenters. The summed E-state index contributed by atoms with van der Waals surface area (Å²) in [5, 5.41) is 3.34. The second kappa shape index (κ2) is 5.02. The topological polar surface area (TPSA) is 49.4 Å². The highest BCUT2D eigenvalue weighted by molar-refractivity contribution is 7.88. The van der Waals surface area contributed by atoms with Crippen molar-refractivity contribution in [1.82, 2.24) is 9.62 Å². The maximum absolute atomic E-state index is 11.7. The smallest absolute Gasteiger partial charge is 0.211 e. The molecule has 2 fully saturated rings. The molecule has 0 radical (unpaired) electrons. The number of nitrogens with zero attached hydrogens (tertiary/aromatic N) is 1. The summed E-state index contributed by atoms with van der Waals surface area (Å²) in [6.07, 6.45) is 6.85. The summed E-state index contributed by atoms with van der Waals surface area (Å²) < 4.78 is 25.3. The molecule has 2 saturated heterocycles. The van der Waals surface area contributed by atoms with Crippen LogP contribution >= 0.6 is 0 Å². The van der Waals surface area contributed by atoms with Gasteiger partial charge >= 0.3 is 0 Å². The fraction of sp³-hybridized carbons (Fsp3) is 1.00. The van der Waals surface area contributed by atoms with E-state index in [9.17, 15) is 8.42 Å². The van der Waals surface area contributed by atoms with Crippen LogP contribution in [-0.4, -0.2) is 44.7 Å². The lowest BCUT2D eigenvalue weighted by Gasteiger charge is -2.40. The summed E-state index contributed by atoms with van der Waals surface area (Å²) in [6.45, 7) is 2.81. The van der Waals surface area contributed by atoms with Gasteiger partial charge in [0.15, 0.2) is 0 Å². The van der Waals surface area contributed by atoms with Gasteiger partial charge in [-0.2, -0.15) is 4.31 Å². The lowest BCUT2D eigenvalue weighted by Crippen LogP contribution is -2.49. The zero-order valence-electron chi connectivity index (χ0n) is 9.98. The Bertz CT molecular complexity index is 323. The monoisotopic (exact) mass is 246 g/mol. The first-order valence-electron chi connectivity index (χ1n) is 6.26. The average Bonchev–Trinajstić information content (AvgIpc) is 2.29. The molecule has 2 heterocycles. The second-order valence-corrected chi connectivity index (χ2v) is 6.96. The van der Waals surface area contributed by atoms with E-state index in [1.165, 1.54) is 12.7 Å². The highest BCUT2D eigenvalue weighted by Crippen LogP contribution is 2.30. The first kappa shape index (κ1) is 12.3. The van der Waals surface area contributed by atoms with Gasteiger partial charge in [-0.1, -0.05) is 6.42 Å². The summed E-state index contributed by atoms with van der Waals surface area (Å²) in [6, 6.07) is 0.269. The molecule has 2 aliphatic rings. The predicted octanol–water partition coefficient (Wildman–Crippen LogP) is 0.800. The number of hydrogen-bond donors (Lipinski definition) is 1. The van der Waals surface area contributed by atoms with E-state index >= 15 is 0 Å². The number of hydrogen-bond acceptors (Lipinski definition) is 3. The molecule has 0 aromatic heterocycles. The third-order valence-corrected chi connectivity index (χ3v) is 5.16. The van der Waals surface area contributed by atoms with Crippen molar-refractivity contribution in [3.05, 3.63) is 0 Å². The molecule has 1 N–H and O–H groups in total. The highest BCUT2D eigenvalue weighted by atomic mass is 32.2. The molecule has 4 nitrogen and oxygen atoms in total. The minimum atomic E-state index is -3.01. The minimum absolute atomic E-state index is 0.269. The molecule has 0 aromatic rings. The second-order valence-electron chi connectivity index (χ2n) is 5.02. The first-order valence-corrected chi connectivity index (χ1v) is 8.11. The summed E-state index contributed by atoms with van der Waals surface area (Å²) >= 11 is 0. The molecule has 0 spiro atoms. The SMILES string of the molecule is CS(=O)(=O)N1CCCCC1C1CCNCC1. The fourth-order valence-corrected chi connectivity index (χ4v) is 4.27. The Balaban J connectivity index is 2.09. The zero-order valence-corrected chi connectivity index (χ0v) is 10.8. The van der Waals surface area contributed by atoms with Crippen molar-refractivity contribution >= 4 is 10.0 Å². The van der Waals surface area contributed by atoms with Gasteiger partial charge in [0.25, 0.3) is 0 Å². The van der Waals surface area contributed by atoms with Gasteiger partial charge in [-0.25, -0.2) is 8.42 Å². The van der Waals surface area contributed by atoms with Crippen LogP contribution in [0.2, 0.25) is 0 Å². The van der Waals surface area contributed by atoms with E-state index in [2.05, 4.69) is 5.32 Å². The Kier molecular flexibility index (Phi) is 3.87. The largest absolute Gasteiger partial charge is 0.317 e. The number of piperidine rings is 2. The Labute approximate surface area is 98.4 Å². The van der Waals surface area contributed by atoms with Gasteiger partial charge in [0.05, 0.1) is 6.26 Å². The van der Waals surface area contributed by atoms with Crippen molar-refractivity contribution in [3.8, 4) is 0 Å². The van der Waals surface area contributed by atoms with Crippen LogP contribution in [0.1, 0.15) is 32.1 Å². The van der Waals surface area contributed by atoms with Gasteiger partial charge < -0.3 is 5.32 Å². The van der Waals surface area contributed by atoms with E-state index in [0.717, 1.165) is 45.3 Å². The molecular formula is C11H22N2O2S. The van der Waals surface area contributed by atoms with Crippen LogP contribution in [0.25, 0.3) is 0 Å². The normalized spacial score (nSPS) is 30.4. The summed E-state index contributed by atoms with van der Waals surface area (Å²) in [5.41, 5.74) is 0. The Hall–Kier alpha value is -0.130. The summed E-state index contributed by atoms with van der Waals surface area (Å²) in [4.78, 5) is 0. The number of sulfonamides is 1. The first-order chi connectivity index (χ1) is 7.59. The van der Waals surface area contributed by atoms with Gasteiger partial charge in [0.1, 0.15) is 0 Å². The molecule has 5 heteroatoms. The third kappa shape index (κ3) is 2.76.